The summed E-state index contributed by atoms with van der Waals surface area (Å²) in [6.07, 6.45) is 0. The Balaban J connectivity index is 2.42. The van der Waals surface area contributed by atoms with Gasteiger partial charge in [0.1, 0.15) is 6.07 Å². The summed E-state index contributed by atoms with van der Waals surface area (Å²) >= 11 is 5.96. The standard InChI is InChI=1S/C13H14ClN7/c1-16-11-18-12(20-13(19-11)21(2)3)17-10-6-9(14)5-4-8(10)7-15/h4-6H,1-3H3,(H2,16,17,18,19,20). The quantitative estimate of drug-likeness (QED) is 0.895. The van der Waals surface area contributed by atoms with Crippen LogP contribution in [0.1, 0.15) is 5.56 Å². The Hall–Kier alpha value is -2.59. The fraction of sp³-hybridized carbons (Fsp3) is 0.231. The average Bonchev–Trinajstić information content (AvgIpc) is 2.47. The topological polar surface area (TPSA) is 89.8 Å². The number of hydrogen-bond donors (Lipinski definition) is 2. The maximum absolute atomic E-state index is 9.12. The summed E-state index contributed by atoms with van der Waals surface area (Å²) in [5.41, 5.74) is 1.00. The first-order chi connectivity index (χ1) is 10.0. The Bertz CT molecular complexity index is 693. The molecule has 7 nitrogen and oxygen atoms in total. The zero-order valence-corrected chi connectivity index (χ0v) is 12.6. The van der Waals surface area contributed by atoms with Gasteiger partial charge in [0, 0.05) is 26.2 Å². The molecule has 0 atom stereocenters. The molecule has 1 aromatic carbocycles. The summed E-state index contributed by atoms with van der Waals surface area (Å²) in [5, 5.41) is 15.5. The molecule has 0 radical (unpaired) electrons. The molecule has 0 aliphatic heterocycles. The van der Waals surface area contributed by atoms with E-state index in [1.807, 2.05) is 14.1 Å². The third-order valence-electron chi connectivity index (χ3n) is 2.60. The van der Waals surface area contributed by atoms with E-state index in [1.165, 1.54) is 0 Å². The van der Waals surface area contributed by atoms with Crippen molar-refractivity contribution >= 4 is 35.1 Å². The molecule has 8 heteroatoms. The van der Waals surface area contributed by atoms with Gasteiger partial charge in [-0.3, -0.25) is 0 Å². The summed E-state index contributed by atoms with van der Waals surface area (Å²) in [4.78, 5) is 14.5. The number of aromatic nitrogens is 3. The maximum atomic E-state index is 9.12. The predicted octanol–water partition coefficient (Wildman–Crippen LogP) is 2.25. The normalized spacial score (nSPS) is 9.86. The van der Waals surface area contributed by atoms with E-state index in [0.717, 1.165) is 0 Å². The number of anilines is 4. The van der Waals surface area contributed by atoms with E-state index in [2.05, 4.69) is 31.7 Å². The van der Waals surface area contributed by atoms with Crippen LogP contribution in [-0.4, -0.2) is 36.1 Å². The number of benzene rings is 1. The van der Waals surface area contributed by atoms with Gasteiger partial charge in [-0.2, -0.15) is 20.2 Å². The fourth-order valence-electron chi connectivity index (χ4n) is 1.57. The molecule has 0 amide bonds. The van der Waals surface area contributed by atoms with Gasteiger partial charge in [-0.1, -0.05) is 11.6 Å². The molecule has 0 saturated carbocycles. The summed E-state index contributed by atoms with van der Waals surface area (Å²) < 4.78 is 0. The van der Waals surface area contributed by atoms with Crippen molar-refractivity contribution in [3.8, 4) is 6.07 Å². The zero-order chi connectivity index (χ0) is 15.4. The Morgan fingerprint density at radius 1 is 1.19 bits per heavy atom. The van der Waals surface area contributed by atoms with Crippen molar-refractivity contribution < 1.29 is 0 Å². The number of nitriles is 1. The van der Waals surface area contributed by atoms with Crippen molar-refractivity contribution in [2.24, 2.45) is 0 Å². The SMILES string of the molecule is CNc1nc(Nc2cc(Cl)ccc2C#N)nc(N(C)C)n1. The second-order valence-electron chi connectivity index (χ2n) is 4.35. The second kappa shape index (κ2) is 6.24. The molecule has 1 aromatic heterocycles. The van der Waals surface area contributed by atoms with Crippen LogP contribution in [0.5, 0.6) is 0 Å². The van der Waals surface area contributed by atoms with E-state index >= 15 is 0 Å². The second-order valence-corrected chi connectivity index (χ2v) is 4.79. The highest BCUT2D eigenvalue weighted by molar-refractivity contribution is 6.30. The first-order valence-corrected chi connectivity index (χ1v) is 6.49. The van der Waals surface area contributed by atoms with E-state index in [-0.39, 0.29) is 0 Å². The van der Waals surface area contributed by atoms with Gasteiger partial charge in [0.05, 0.1) is 11.3 Å². The molecular formula is C13H14ClN7. The van der Waals surface area contributed by atoms with Gasteiger partial charge in [0.15, 0.2) is 0 Å². The highest BCUT2D eigenvalue weighted by atomic mass is 35.5. The van der Waals surface area contributed by atoms with Gasteiger partial charge in [-0.05, 0) is 18.2 Å². The molecule has 0 bridgehead atoms. The van der Waals surface area contributed by atoms with Gasteiger partial charge >= 0.3 is 0 Å². The van der Waals surface area contributed by atoms with Gasteiger partial charge in [0.2, 0.25) is 17.8 Å². The number of nitrogens with one attached hydrogen (secondary N) is 2. The third kappa shape index (κ3) is 3.49. The van der Waals surface area contributed by atoms with Crippen molar-refractivity contribution in [3.63, 3.8) is 0 Å². The van der Waals surface area contributed by atoms with Gasteiger partial charge < -0.3 is 15.5 Å². The molecule has 1 heterocycles. The van der Waals surface area contributed by atoms with Gasteiger partial charge in [-0.15, -0.1) is 0 Å². The number of nitrogens with zero attached hydrogens (tertiary/aromatic N) is 5. The highest BCUT2D eigenvalue weighted by Gasteiger charge is 2.10. The summed E-state index contributed by atoms with van der Waals surface area (Å²) in [6, 6.07) is 7.03. The minimum absolute atomic E-state index is 0.330. The van der Waals surface area contributed by atoms with Crippen molar-refractivity contribution in [3.05, 3.63) is 28.8 Å². The van der Waals surface area contributed by atoms with Crippen LogP contribution in [0, 0.1) is 11.3 Å². The third-order valence-corrected chi connectivity index (χ3v) is 2.83. The molecule has 0 spiro atoms. The number of halogens is 1. The number of rotatable bonds is 4. The molecular weight excluding hydrogens is 290 g/mol. The van der Waals surface area contributed by atoms with Crippen LogP contribution in [0.15, 0.2) is 18.2 Å². The Labute approximate surface area is 127 Å². The molecule has 21 heavy (non-hydrogen) atoms. The first-order valence-electron chi connectivity index (χ1n) is 6.11. The minimum Gasteiger partial charge on any atom is -0.357 e. The molecule has 2 aromatic rings. The van der Waals surface area contributed by atoms with Gasteiger partial charge in [0.25, 0.3) is 0 Å². The van der Waals surface area contributed by atoms with Crippen LogP contribution in [0.3, 0.4) is 0 Å². The van der Waals surface area contributed by atoms with E-state index in [0.29, 0.717) is 34.1 Å². The highest BCUT2D eigenvalue weighted by Crippen LogP contribution is 2.23. The Morgan fingerprint density at radius 2 is 1.90 bits per heavy atom. The molecule has 0 fully saturated rings. The lowest BCUT2D eigenvalue weighted by atomic mass is 10.2. The van der Waals surface area contributed by atoms with Gasteiger partial charge in [-0.25, -0.2) is 0 Å². The lowest BCUT2D eigenvalue weighted by Crippen LogP contribution is -2.15. The average molecular weight is 304 g/mol. The Morgan fingerprint density at radius 3 is 2.52 bits per heavy atom. The molecule has 0 aliphatic carbocycles. The predicted molar refractivity (Wildman–Crippen MR) is 83.2 cm³/mol. The lowest BCUT2D eigenvalue weighted by molar-refractivity contribution is 0.963. The van der Waals surface area contributed by atoms with Crippen LogP contribution in [0.2, 0.25) is 5.02 Å². The fourth-order valence-corrected chi connectivity index (χ4v) is 1.74. The first kappa shape index (κ1) is 14.8. The van der Waals surface area contributed by atoms with E-state index < -0.39 is 0 Å². The minimum atomic E-state index is 0.330. The molecule has 2 rings (SSSR count). The van der Waals surface area contributed by atoms with Crippen LogP contribution < -0.4 is 15.5 Å². The summed E-state index contributed by atoms with van der Waals surface area (Å²) in [5.74, 6) is 1.26. The van der Waals surface area contributed by atoms with E-state index in [4.69, 9.17) is 16.9 Å². The van der Waals surface area contributed by atoms with Crippen LogP contribution in [-0.2, 0) is 0 Å². The Kier molecular flexibility index (Phi) is 4.40. The van der Waals surface area contributed by atoms with E-state index in [9.17, 15) is 0 Å². The van der Waals surface area contributed by atoms with E-state index in [1.54, 1.807) is 30.1 Å². The smallest absolute Gasteiger partial charge is 0.233 e. The molecule has 0 unspecified atom stereocenters. The molecule has 0 aliphatic rings. The van der Waals surface area contributed by atoms with Crippen molar-refractivity contribution in [1.82, 2.24) is 15.0 Å². The largest absolute Gasteiger partial charge is 0.357 e. The zero-order valence-electron chi connectivity index (χ0n) is 11.8. The summed E-state index contributed by atoms with van der Waals surface area (Å²) in [6.45, 7) is 0. The molecule has 2 N–H and O–H groups in total. The van der Waals surface area contributed by atoms with Crippen molar-refractivity contribution in [1.29, 1.82) is 5.26 Å². The van der Waals surface area contributed by atoms with Crippen LogP contribution in [0.25, 0.3) is 0 Å². The summed E-state index contributed by atoms with van der Waals surface area (Å²) in [7, 11) is 5.38. The lowest BCUT2D eigenvalue weighted by Gasteiger charge is -2.13. The van der Waals surface area contributed by atoms with Crippen molar-refractivity contribution in [2.75, 3.05) is 36.7 Å². The number of hydrogen-bond acceptors (Lipinski definition) is 7. The van der Waals surface area contributed by atoms with Crippen LogP contribution in [0.4, 0.5) is 23.5 Å². The van der Waals surface area contributed by atoms with Crippen molar-refractivity contribution in [2.45, 2.75) is 0 Å². The monoisotopic (exact) mass is 303 g/mol. The maximum Gasteiger partial charge on any atom is 0.233 e. The van der Waals surface area contributed by atoms with Crippen LogP contribution >= 0.6 is 11.6 Å². The molecule has 0 saturated heterocycles. The molecule has 108 valence electrons.